The number of para-hydroxylation sites is 1. The van der Waals surface area contributed by atoms with Crippen molar-refractivity contribution in [3.05, 3.63) is 105 Å². The van der Waals surface area contributed by atoms with E-state index in [4.69, 9.17) is 0 Å². The summed E-state index contributed by atoms with van der Waals surface area (Å²) in [6, 6.07) is 19.7. The molecule has 0 spiro atoms. The molecule has 5 aromatic rings. The van der Waals surface area contributed by atoms with E-state index >= 15 is 0 Å². The maximum absolute atomic E-state index is 13.5. The van der Waals surface area contributed by atoms with Gasteiger partial charge in [0.05, 0.1) is 27.2 Å². The van der Waals surface area contributed by atoms with Gasteiger partial charge >= 0.3 is 6.18 Å². The normalized spacial score (nSPS) is 14.5. The van der Waals surface area contributed by atoms with Gasteiger partial charge < -0.3 is 4.90 Å². The number of hydrogen-bond donors (Lipinski definition) is 0. The summed E-state index contributed by atoms with van der Waals surface area (Å²) in [7, 11) is 0. The molecule has 10 heteroatoms. The highest BCUT2D eigenvalue weighted by Gasteiger charge is 2.31. The molecule has 0 atom stereocenters. The van der Waals surface area contributed by atoms with Gasteiger partial charge in [-0.25, -0.2) is 9.97 Å². The summed E-state index contributed by atoms with van der Waals surface area (Å²) < 4.78 is 40.1. The van der Waals surface area contributed by atoms with Crippen molar-refractivity contribution in [2.75, 3.05) is 13.1 Å². The van der Waals surface area contributed by atoms with E-state index in [9.17, 15) is 22.8 Å². The standard InChI is InChI=1S/C31H24F3N3O2S2/c32-31(33,34)21-11-9-19(10-12-21)22-5-1-2-6-23(22)30(39)37-15-13-20(14-16-37)29-36-25(18-40-29)26(38)17-28-35-24-7-3-4-8-27(24)41-28/h1-12,18,20H,13-17H2. The van der Waals surface area contributed by atoms with E-state index in [0.29, 0.717) is 48.3 Å². The van der Waals surface area contributed by atoms with Crippen LogP contribution in [0.5, 0.6) is 0 Å². The molecular weight excluding hydrogens is 567 g/mol. The lowest BCUT2D eigenvalue weighted by molar-refractivity contribution is -0.137. The molecule has 5 nitrogen and oxygen atoms in total. The summed E-state index contributed by atoms with van der Waals surface area (Å²) in [6.45, 7) is 1.05. The lowest BCUT2D eigenvalue weighted by Gasteiger charge is -2.31. The Morgan fingerprint density at radius 3 is 2.34 bits per heavy atom. The quantitative estimate of drug-likeness (QED) is 0.189. The number of alkyl halides is 3. The van der Waals surface area contributed by atoms with Crippen LogP contribution in [0.15, 0.2) is 78.2 Å². The molecule has 3 heterocycles. The maximum atomic E-state index is 13.5. The Kier molecular flexibility index (Phi) is 7.44. The van der Waals surface area contributed by atoms with Crippen molar-refractivity contribution in [2.24, 2.45) is 0 Å². The van der Waals surface area contributed by atoms with E-state index in [1.54, 1.807) is 29.2 Å². The number of rotatable bonds is 6. The fourth-order valence-electron chi connectivity index (χ4n) is 5.09. The molecule has 208 valence electrons. The predicted molar refractivity (Wildman–Crippen MR) is 155 cm³/mol. The molecule has 0 aliphatic carbocycles. The minimum atomic E-state index is -4.42. The van der Waals surface area contributed by atoms with Gasteiger partial charge in [-0.15, -0.1) is 22.7 Å². The second-order valence-corrected chi connectivity index (χ2v) is 11.9. The van der Waals surface area contributed by atoms with Crippen LogP contribution in [0.1, 0.15) is 55.2 Å². The molecule has 0 bridgehead atoms. The number of amides is 1. The highest BCUT2D eigenvalue weighted by Crippen LogP contribution is 2.34. The number of halogens is 3. The third-order valence-corrected chi connectivity index (χ3v) is 9.31. The van der Waals surface area contributed by atoms with Crippen LogP contribution in [0, 0.1) is 0 Å². The topological polar surface area (TPSA) is 63.2 Å². The number of thiazole rings is 2. The lowest BCUT2D eigenvalue weighted by atomic mass is 9.94. The second kappa shape index (κ2) is 11.2. The summed E-state index contributed by atoms with van der Waals surface area (Å²) in [5.74, 6) is -0.0537. The summed E-state index contributed by atoms with van der Waals surface area (Å²) in [5.41, 5.74) is 2.24. The first-order valence-electron chi connectivity index (χ1n) is 13.2. The number of aromatic nitrogens is 2. The van der Waals surface area contributed by atoms with Crippen LogP contribution in [0.4, 0.5) is 13.2 Å². The number of carbonyl (C=O) groups is 2. The van der Waals surface area contributed by atoms with Crippen LogP contribution < -0.4 is 0 Å². The monoisotopic (exact) mass is 591 g/mol. The van der Waals surface area contributed by atoms with Gasteiger partial charge in [-0.05, 0) is 54.3 Å². The number of piperidine rings is 1. The minimum Gasteiger partial charge on any atom is -0.339 e. The van der Waals surface area contributed by atoms with Crippen LogP contribution >= 0.6 is 22.7 Å². The van der Waals surface area contributed by atoms with Gasteiger partial charge in [0, 0.05) is 30.0 Å². The fraction of sp³-hybridized carbons (Fsp3) is 0.226. The third-order valence-electron chi connectivity index (χ3n) is 7.27. The van der Waals surface area contributed by atoms with Gasteiger partial charge in [-0.1, -0.05) is 42.5 Å². The molecule has 0 saturated carbocycles. The van der Waals surface area contributed by atoms with Crippen LogP contribution in [0.3, 0.4) is 0 Å². The van der Waals surface area contributed by atoms with E-state index in [1.165, 1.54) is 34.8 Å². The molecule has 1 amide bonds. The fourth-order valence-corrected chi connectivity index (χ4v) is 7.05. The van der Waals surface area contributed by atoms with E-state index in [-0.39, 0.29) is 24.0 Å². The van der Waals surface area contributed by atoms with E-state index in [1.807, 2.05) is 29.6 Å². The number of hydrogen-bond acceptors (Lipinski definition) is 6. The van der Waals surface area contributed by atoms with Crippen molar-refractivity contribution in [1.82, 2.24) is 14.9 Å². The highest BCUT2D eigenvalue weighted by atomic mass is 32.1. The number of Topliss-reactive ketones (excluding diaryl/α,β-unsaturated/α-hetero) is 1. The number of ketones is 1. The second-order valence-electron chi connectivity index (χ2n) is 9.93. The summed E-state index contributed by atoms with van der Waals surface area (Å²) in [6.07, 6.45) is -2.77. The first-order valence-corrected chi connectivity index (χ1v) is 14.8. The van der Waals surface area contributed by atoms with E-state index < -0.39 is 11.7 Å². The molecule has 0 radical (unpaired) electrons. The maximum Gasteiger partial charge on any atom is 0.416 e. The van der Waals surface area contributed by atoms with Crippen LogP contribution in [-0.4, -0.2) is 39.6 Å². The molecule has 0 N–H and O–H groups in total. The van der Waals surface area contributed by atoms with Gasteiger partial charge in [0.15, 0.2) is 5.78 Å². The van der Waals surface area contributed by atoms with Crippen molar-refractivity contribution >= 4 is 44.6 Å². The summed E-state index contributed by atoms with van der Waals surface area (Å²) in [5, 5.41) is 3.48. The average molecular weight is 592 g/mol. The molecule has 0 unspecified atom stereocenters. The number of likely N-dealkylation sites (tertiary alicyclic amines) is 1. The molecule has 41 heavy (non-hydrogen) atoms. The smallest absolute Gasteiger partial charge is 0.339 e. The molecule has 1 saturated heterocycles. The number of fused-ring (bicyclic) bond motifs is 1. The van der Waals surface area contributed by atoms with Crippen molar-refractivity contribution in [1.29, 1.82) is 0 Å². The molecule has 1 aliphatic heterocycles. The number of carbonyl (C=O) groups excluding carboxylic acids is 2. The van der Waals surface area contributed by atoms with Crippen molar-refractivity contribution in [3.63, 3.8) is 0 Å². The lowest BCUT2D eigenvalue weighted by Crippen LogP contribution is -2.38. The van der Waals surface area contributed by atoms with Gasteiger partial charge in [0.2, 0.25) is 0 Å². The summed E-state index contributed by atoms with van der Waals surface area (Å²) >= 11 is 2.99. The minimum absolute atomic E-state index is 0.0564. The largest absolute Gasteiger partial charge is 0.416 e. The van der Waals surface area contributed by atoms with Crippen molar-refractivity contribution in [2.45, 2.75) is 31.4 Å². The van der Waals surface area contributed by atoms with E-state index in [0.717, 1.165) is 32.4 Å². The van der Waals surface area contributed by atoms with Crippen LogP contribution in [0.2, 0.25) is 0 Å². The molecule has 2 aromatic heterocycles. The Bertz CT molecular complexity index is 1690. The summed E-state index contributed by atoms with van der Waals surface area (Å²) in [4.78, 5) is 37.4. The van der Waals surface area contributed by atoms with E-state index in [2.05, 4.69) is 9.97 Å². The van der Waals surface area contributed by atoms with Gasteiger partial charge in [-0.3, -0.25) is 9.59 Å². The van der Waals surface area contributed by atoms with Gasteiger partial charge in [0.25, 0.3) is 5.91 Å². The Hall–Kier alpha value is -3.89. The molecule has 6 rings (SSSR count). The third kappa shape index (κ3) is 5.80. The van der Waals surface area contributed by atoms with Crippen LogP contribution in [0.25, 0.3) is 21.3 Å². The SMILES string of the molecule is O=C(Cc1nc2ccccc2s1)c1csc(C2CCN(C(=O)c3ccccc3-c3ccc(C(F)(F)F)cc3)CC2)n1. The first kappa shape index (κ1) is 27.3. The number of benzene rings is 3. The van der Waals surface area contributed by atoms with Gasteiger partial charge in [0.1, 0.15) is 10.7 Å². The Labute approximate surface area is 242 Å². The first-order chi connectivity index (χ1) is 19.8. The Morgan fingerprint density at radius 1 is 0.902 bits per heavy atom. The zero-order valence-electron chi connectivity index (χ0n) is 21.7. The molecule has 1 aliphatic rings. The highest BCUT2D eigenvalue weighted by molar-refractivity contribution is 7.18. The van der Waals surface area contributed by atoms with Crippen molar-refractivity contribution < 1.29 is 22.8 Å². The Morgan fingerprint density at radius 2 is 1.61 bits per heavy atom. The average Bonchev–Trinajstić information content (AvgIpc) is 3.64. The van der Waals surface area contributed by atoms with Crippen LogP contribution in [-0.2, 0) is 12.6 Å². The van der Waals surface area contributed by atoms with Gasteiger partial charge in [-0.2, -0.15) is 13.2 Å². The predicted octanol–water partition coefficient (Wildman–Crippen LogP) is 7.88. The zero-order chi connectivity index (χ0) is 28.6. The molecular formula is C31H24F3N3O2S2. The Balaban J connectivity index is 1.10. The number of nitrogens with zero attached hydrogens (tertiary/aromatic N) is 3. The zero-order valence-corrected chi connectivity index (χ0v) is 23.4. The molecule has 1 fully saturated rings. The van der Waals surface area contributed by atoms with Crippen molar-refractivity contribution in [3.8, 4) is 11.1 Å². The molecule has 3 aromatic carbocycles.